The molecule has 2 aliphatic rings. The van der Waals surface area contributed by atoms with Gasteiger partial charge in [0, 0.05) is 52.5 Å². The van der Waals surface area contributed by atoms with E-state index in [4.69, 9.17) is 9.73 Å². The minimum atomic E-state index is -0.576. The summed E-state index contributed by atoms with van der Waals surface area (Å²) >= 11 is 0. The fourth-order valence-electron chi connectivity index (χ4n) is 6.53. The molecule has 0 saturated heterocycles. The number of aromatic hydroxyl groups is 2. The van der Waals surface area contributed by atoms with Gasteiger partial charge < -0.3 is 29.8 Å². The second-order valence-corrected chi connectivity index (χ2v) is 13.0. The number of hydrogen-bond donors (Lipinski definition) is 2. The molecule has 5 rings (SSSR count). The second-order valence-electron chi connectivity index (χ2n) is 13.0. The van der Waals surface area contributed by atoms with Crippen LogP contribution in [0.25, 0.3) is 0 Å². The summed E-state index contributed by atoms with van der Waals surface area (Å²) in [6, 6.07) is 18.3. The largest absolute Gasteiger partial charge is 0.508 e. The predicted molar refractivity (Wildman–Crippen MR) is 188 cm³/mol. The van der Waals surface area contributed by atoms with E-state index in [9.17, 15) is 10.2 Å². The Kier molecular flexibility index (Phi) is 14.9. The molecule has 0 aromatic heterocycles. The van der Waals surface area contributed by atoms with Crippen LogP contribution in [0.5, 0.6) is 17.2 Å². The monoisotopic (exact) mass is 671 g/mol. The maximum absolute atomic E-state index is 10.7. The molecule has 2 heterocycles. The average Bonchev–Trinajstić information content (AvgIpc) is 3.24. The Labute approximate surface area is 288 Å². The summed E-state index contributed by atoms with van der Waals surface area (Å²) < 4.78 is 8.70. The molecule has 0 unspecified atom stereocenters. The quantitative estimate of drug-likeness (QED) is 0.137. The van der Waals surface area contributed by atoms with Gasteiger partial charge in [-0.3, -0.25) is 14.5 Å². The van der Waals surface area contributed by atoms with Crippen molar-refractivity contribution in [3.8, 4) is 17.2 Å². The molecule has 2 aliphatic heterocycles. The third kappa shape index (κ3) is 9.16. The van der Waals surface area contributed by atoms with E-state index < -0.39 is 6.04 Å². The van der Waals surface area contributed by atoms with Crippen LogP contribution in [0, 0.1) is 14.9 Å². The summed E-state index contributed by atoms with van der Waals surface area (Å²) in [5.74, 6) is 2.69. The Bertz CT molecular complexity index is 1430. The number of aliphatic imine (C=N–C) groups is 1. The zero-order valence-corrected chi connectivity index (χ0v) is 29.7. The maximum Gasteiger partial charge on any atom is 0.246 e. The van der Waals surface area contributed by atoms with Crippen LogP contribution in [0.3, 0.4) is 0 Å². The molecule has 3 aromatic rings. The van der Waals surface area contributed by atoms with Gasteiger partial charge in [-0.15, -0.1) is 0 Å². The van der Waals surface area contributed by atoms with Crippen molar-refractivity contribution in [2.75, 3.05) is 33.3 Å². The molecule has 0 aliphatic carbocycles. The zero-order chi connectivity index (χ0) is 30.4. The molecule has 3 aromatic carbocycles. The van der Waals surface area contributed by atoms with Crippen LogP contribution in [0.4, 0.5) is 0 Å². The number of methoxy groups -OCH3 is 1. The van der Waals surface area contributed by atoms with Crippen LogP contribution < -0.4 is 4.74 Å². The van der Waals surface area contributed by atoms with Crippen molar-refractivity contribution in [1.82, 2.24) is 4.90 Å². The van der Waals surface area contributed by atoms with Gasteiger partial charge in [-0.2, -0.15) is 0 Å². The van der Waals surface area contributed by atoms with Crippen molar-refractivity contribution in [2.45, 2.75) is 77.2 Å². The van der Waals surface area contributed by atoms with E-state index in [0.29, 0.717) is 11.1 Å². The van der Waals surface area contributed by atoms with Crippen molar-refractivity contribution in [1.29, 1.82) is 0 Å². The van der Waals surface area contributed by atoms with E-state index in [0.717, 1.165) is 37.2 Å². The summed E-state index contributed by atoms with van der Waals surface area (Å²) in [4.78, 5) is 7.63. The van der Waals surface area contributed by atoms with Gasteiger partial charge in [0.1, 0.15) is 23.3 Å². The number of nitrogens with zero attached hydrogens (tertiary/aromatic N) is 3. The first-order chi connectivity index (χ1) is 20.8. The molecule has 0 fully saturated rings. The number of hydrogen-bond acceptors (Lipinski definition) is 5. The molecule has 0 spiro atoms. The van der Waals surface area contributed by atoms with Crippen LogP contribution in [-0.4, -0.2) is 65.0 Å². The standard InChI is InChI=1S/C37H47N3O3.2CH3.Co/c1-37(2,3)29-24-27(14-12-21-40-23-13-22-39-20-11-5-6-19-34(39)40)36(43-4)28(25-29)26-38-35(30-15-7-9-17-32(30)41)31-16-8-10-18-33(31)42;;;/h7-10,15-18,24-26,35H,5-6,11-14,19-23H2,1-4H3,(H-,41,42);2*1H3;/q;2*-1;/p+1. The number of benzene rings is 3. The van der Waals surface area contributed by atoms with Gasteiger partial charge in [0.05, 0.1) is 33.3 Å². The SMILES string of the molecule is COc1c(C=NC(c2ccccc2O)c2ccccc2O)cc(C(C)(C)C)cc1CCCN1CCC[N+]2=C1CCCCC2.[CH3-].[CH3-].[Co]. The van der Waals surface area contributed by atoms with Crippen molar-refractivity contribution in [2.24, 2.45) is 4.99 Å². The van der Waals surface area contributed by atoms with Crippen LogP contribution in [-0.2, 0) is 28.6 Å². The third-order valence-electron chi connectivity index (χ3n) is 8.88. The van der Waals surface area contributed by atoms with Crippen LogP contribution in [0.15, 0.2) is 65.7 Å². The van der Waals surface area contributed by atoms with Gasteiger partial charge in [-0.05, 0) is 66.8 Å². The van der Waals surface area contributed by atoms with E-state index in [-0.39, 0.29) is 48.5 Å². The summed E-state index contributed by atoms with van der Waals surface area (Å²) in [6.45, 7) is 11.3. The van der Waals surface area contributed by atoms with E-state index in [1.165, 1.54) is 56.3 Å². The first kappa shape index (κ1) is 38.9. The predicted octanol–water partition coefficient (Wildman–Crippen LogP) is 8.13. The van der Waals surface area contributed by atoms with Gasteiger partial charge in [-0.25, -0.2) is 0 Å². The smallest absolute Gasteiger partial charge is 0.246 e. The fourth-order valence-corrected chi connectivity index (χ4v) is 6.53. The first-order valence-electron chi connectivity index (χ1n) is 15.9. The molecule has 253 valence electrons. The molecule has 2 N–H and O–H groups in total. The summed E-state index contributed by atoms with van der Waals surface area (Å²) in [6.07, 6.45) is 10.2. The van der Waals surface area contributed by atoms with Crippen LogP contribution >= 0.6 is 0 Å². The molecular weight excluding hydrogens is 617 g/mol. The number of para-hydroxylation sites is 2. The Morgan fingerprint density at radius 3 is 2.15 bits per heavy atom. The minimum Gasteiger partial charge on any atom is -0.508 e. The molecule has 7 heteroatoms. The van der Waals surface area contributed by atoms with Gasteiger partial charge in [0.15, 0.2) is 0 Å². The van der Waals surface area contributed by atoms with E-state index in [1.54, 1.807) is 37.2 Å². The molecule has 0 atom stereocenters. The Morgan fingerprint density at radius 1 is 0.913 bits per heavy atom. The Balaban J connectivity index is 0.00000245. The Hall–Kier alpha value is -3.29. The molecule has 0 bridgehead atoms. The molecular formula is C39H54CoN3O3-. The minimum absolute atomic E-state index is 0. The number of phenols is 2. The summed E-state index contributed by atoms with van der Waals surface area (Å²) in [7, 11) is 1.74. The summed E-state index contributed by atoms with van der Waals surface area (Å²) in [5, 5.41) is 21.5. The van der Waals surface area contributed by atoms with E-state index >= 15 is 0 Å². The van der Waals surface area contributed by atoms with Gasteiger partial charge in [0.2, 0.25) is 5.84 Å². The Morgan fingerprint density at radius 2 is 1.54 bits per heavy atom. The molecule has 6 nitrogen and oxygen atoms in total. The van der Waals surface area contributed by atoms with Gasteiger partial charge >= 0.3 is 0 Å². The van der Waals surface area contributed by atoms with E-state index in [2.05, 4.69) is 42.4 Å². The number of rotatable bonds is 9. The summed E-state index contributed by atoms with van der Waals surface area (Å²) in [5.41, 5.74) is 4.55. The van der Waals surface area contributed by atoms with Crippen molar-refractivity contribution < 1.29 is 36.3 Å². The molecule has 0 saturated carbocycles. The van der Waals surface area contributed by atoms with Crippen LogP contribution in [0.1, 0.15) is 93.2 Å². The fraction of sp³-hybridized carbons (Fsp3) is 0.436. The normalized spacial score (nSPS) is 15.0. The number of phenolic OH excluding ortho intramolecular Hbond substituents is 2. The van der Waals surface area contributed by atoms with Gasteiger partial charge in [-0.1, -0.05) is 63.2 Å². The third-order valence-corrected chi connectivity index (χ3v) is 8.88. The molecule has 46 heavy (non-hydrogen) atoms. The topological polar surface area (TPSA) is 68.3 Å². The van der Waals surface area contributed by atoms with Crippen molar-refractivity contribution in [3.05, 3.63) is 103 Å². The van der Waals surface area contributed by atoms with E-state index in [1.807, 2.05) is 30.5 Å². The number of aryl methyl sites for hydroxylation is 1. The van der Waals surface area contributed by atoms with Crippen LogP contribution in [0.2, 0.25) is 0 Å². The first-order valence-corrected chi connectivity index (χ1v) is 15.9. The average molecular weight is 672 g/mol. The second kappa shape index (κ2) is 17.6. The zero-order valence-electron chi connectivity index (χ0n) is 28.7. The van der Waals surface area contributed by atoms with Crippen molar-refractivity contribution >= 4 is 12.1 Å². The molecule has 0 amide bonds. The number of ether oxygens (including phenoxy) is 1. The maximum atomic E-state index is 10.7. The van der Waals surface area contributed by atoms with Gasteiger partial charge in [0.25, 0.3) is 0 Å². The molecule has 1 radical (unpaired) electrons. The van der Waals surface area contributed by atoms with Crippen molar-refractivity contribution in [3.63, 3.8) is 0 Å². The number of amidine groups is 1.